The van der Waals surface area contributed by atoms with Crippen molar-refractivity contribution in [3.8, 4) is 0 Å². The van der Waals surface area contributed by atoms with Crippen molar-refractivity contribution in [3.63, 3.8) is 0 Å². The highest BCUT2D eigenvalue weighted by Gasteiger charge is 2.42. The van der Waals surface area contributed by atoms with Crippen LogP contribution in [0.1, 0.15) is 6.42 Å². The summed E-state index contributed by atoms with van der Waals surface area (Å²) < 4.78 is 5.07. The van der Waals surface area contributed by atoms with E-state index in [1.54, 1.807) is 6.08 Å². The fraction of sp³-hybridized carbons (Fsp3) is 0.625. The highest BCUT2D eigenvalue weighted by Crippen LogP contribution is 2.25. The maximum Gasteiger partial charge on any atom is 0.244 e. The third-order valence-corrected chi connectivity index (χ3v) is 2.42. The quantitative estimate of drug-likeness (QED) is 0.498. The van der Waals surface area contributed by atoms with Gasteiger partial charge in [0.2, 0.25) is 5.91 Å². The first-order valence-electron chi connectivity index (χ1n) is 4.00. The summed E-state index contributed by atoms with van der Waals surface area (Å²) in [6.07, 6.45) is 3.24. The number of aliphatic hydroxyl groups excluding tert-OH is 1. The second-order valence-corrected chi connectivity index (χ2v) is 3.20. The van der Waals surface area contributed by atoms with Gasteiger partial charge in [0, 0.05) is 19.1 Å². The van der Waals surface area contributed by atoms with Crippen molar-refractivity contribution >= 4 is 5.91 Å². The molecule has 2 atom stereocenters. The second-order valence-electron chi connectivity index (χ2n) is 3.20. The summed E-state index contributed by atoms with van der Waals surface area (Å²) in [5, 5.41) is 12.3. The van der Waals surface area contributed by atoms with E-state index in [2.05, 4.69) is 5.32 Å². The van der Waals surface area contributed by atoms with Crippen LogP contribution in [0.25, 0.3) is 0 Å². The molecule has 2 unspecified atom stereocenters. The van der Waals surface area contributed by atoms with Crippen LogP contribution in [0.2, 0.25) is 0 Å². The molecule has 0 radical (unpaired) electrons. The van der Waals surface area contributed by atoms with Crippen molar-refractivity contribution in [2.75, 3.05) is 13.2 Å². The van der Waals surface area contributed by atoms with E-state index >= 15 is 0 Å². The Morgan fingerprint density at radius 3 is 3.17 bits per heavy atom. The number of ether oxygens (including phenoxy) is 1. The number of carbonyl (C=O) groups is 1. The fourth-order valence-electron chi connectivity index (χ4n) is 1.63. The Kier molecular flexibility index (Phi) is 1.66. The summed E-state index contributed by atoms with van der Waals surface area (Å²) in [6, 6.07) is 0. The van der Waals surface area contributed by atoms with Crippen LogP contribution in [0.4, 0.5) is 0 Å². The van der Waals surface area contributed by atoms with Gasteiger partial charge >= 0.3 is 0 Å². The van der Waals surface area contributed by atoms with Crippen LogP contribution in [0, 0.1) is 0 Å². The number of nitrogens with one attached hydrogen (secondary N) is 1. The molecule has 0 bridgehead atoms. The average molecular weight is 169 g/mol. The normalized spacial score (nSPS) is 40.4. The van der Waals surface area contributed by atoms with E-state index in [-0.39, 0.29) is 5.91 Å². The summed E-state index contributed by atoms with van der Waals surface area (Å²) in [5.41, 5.74) is -0.546. The van der Waals surface area contributed by atoms with Crippen molar-refractivity contribution < 1.29 is 14.6 Å². The Bertz CT molecular complexity index is 238. The standard InChI is InChI=1S/C8H11NO3/c10-6-5-12-4-3-8(6)2-1-7(11)9-8/h1-2,6,10H,3-5H2,(H,9,11). The number of rotatable bonds is 0. The molecule has 1 fully saturated rings. The van der Waals surface area contributed by atoms with E-state index in [9.17, 15) is 9.90 Å². The first kappa shape index (κ1) is 7.76. The van der Waals surface area contributed by atoms with Crippen LogP contribution in [0.15, 0.2) is 12.2 Å². The van der Waals surface area contributed by atoms with Gasteiger partial charge in [0.25, 0.3) is 0 Å². The van der Waals surface area contributed by atoms with Crippen molar-refractivity contribution in [2.24, 2.45) is 0 Å². The molecule has 2 heterocycles. The Labute approximate surface area is 70.2 Å². The minimum atomic E-state index is -0.617. The maximum absolute atomic E-state index is 10.9. The predicted molar refractivity (Wildman–Crippen MR) is 41.5 cm³/mol. The molecule has 2 rings (SSSR count). The van der Waals surface area contributed by atoms with Gasteiger partial charge in [0.15, 0.2) is 0 Å². The van der Waals surface area contributed by atoms with Gasteiger partial charge in [0.05, 0.1) is 12.1 Å². The van der Waals surface area contributed by atoms with Crippen molar-refractivity contribution in [1.82, 2.24) is 5.32 Å². The Morgan fingerprint density at radius 2 is 2.58 bits per heavy atom. The molecule has 0 aromatic carbocycles. The van der Waals surface area contributed by atoms with Crippen LogP contribution < -0.4 is 5.32 Å². The highest BCUT2D eigenvalue weighted by atomic mass is 16.5. The smallest absolute Gasteiger partial charge is 0.244 e. The van der Waals surface area contributed by atoms with E-state index < -0.39 is 11.6 Å². The van der Waals surface area contributed by atoms with Crippen molar-refractivity contribution in [3.05, 3.63) is 12.2 Å². The molecule has 1 saturated heterocycles. The van der Waals surface area contributed by atoms with Crippen LogP contribution in [-0.2, 0) is 9.53 Å². The molecule has 0 aromatic heterocycles. The van der Waals surface area contributed by atoms with Crippen LogP contribution in [-0.4, -0.2) is 35.9 Å². The SMILES string of the molecule is O=C1C=CC2(CCOCC2O)N1. The molecule has 0 aromatic rings. The van der Waals surface area contributed by atoms with Crippen molar-refractivity contribution in [2.45, 2.75) is 18.1 Å². The molecule has 1 amide bonds. The molecule has 0 saturated carbocycles. The van der Waals surface area contributed by atoms with E-state index in [0.717, 1.165) is 0 Å². The number of carbonyl (C=O) groups excluding carboxylic acids is 1. The van der Waals surface area contributed by atoms with Crippen molar-refractivity contribution in [1.29, 1.82) is 0 Å². The number of hydrogen-bond donors (Lipinski definition) is 2. The maximum atomic E-state index is 10.9. The zero-order valence-corrected chi connectivity index (χ0v) is 6.62. The fourth-order valence-corrected chi connectivity index (χ4v) is 1.63. The Morgan fingerprint density at radius 1 is 1.75 bits per heavy atom. The second kappa shape index (κ2) is 2.57. The molecule has 4 heteroatoms. The van der Waals surface area contributed by atoms with E-state index in [4.69, 9.17) is 4.74 Å². The molecular formula is C8H11NO3. The first-order valence-corrected chi connectivity index (χ1v) is 4.00. The lowest BCUT2D eigenvalue weighted by molar-refractivity contribution is -0.120. The number of amides is 1. The molecule has 2 N–H and O–H groups in total. The minimum absolute atomic E-state index is 0.129. The van der Waals surface area contributed by atoms with Crippen LogP contribution in [0.3, 0.4) is 0 Å². The van der Waals surface area contributed by atoms with E-state index in [1.165, 1.54) is 6.08 Å². The summed E-state index contributed by atoms with van der Waals surface area (Å²) in [5.74, 6) is -0.129. The molecule has 2 aliphatic rings. The van der Waals surface area contributed by atoms with Gasteiger partial charge < -0.3 is 15.2 Å². The molecular weight excluding hydrogens is 158 g/mol. The van der Waals surface area contributed by atoms with E-state index in [0.29, 0.717) is 19.6 Å². The molecule has 4 nitrogen and oxygen atoms in total. The zero-order chi connectivity index (χ0) is 8.60. The molecule has 1 spiro atoms. The lowest BCUT2D eigenvalue weighted by atomic mass is 9.89. The first-order chi connectivity index (χ1) is 5.73. The van der Waals surface area contributed by atoms with Crippen LogP contribution in [0.5, 0.6) is 0 Å². The van der Waals surface area contributed by atoms with Crippen LogP contribution >= 0.6 is 0 Å². The van der Waals surface area contributed by atoms with Gasteiger partial charge in [-0.2, -0.15) is 0 Å². The predicted octanol–water partition coefficient (Wildman–Crippen LogP) is -0.808. The lowest BCUT2D eigenvalue weighted by Crippen LogP contribution is -2.56. The van der Waals surface area contributed by atoms with E-state index in [1.807, 2.05) is 0 Å². The van der Waals surface area contributed by atoms with Gasteiger partial charge in [-0.25, -0.2) is 0 Å². The summed E-state index contributed by atoms with van der Waals surface area (Å²) in [4.78, 5) is 10.9. The monoisotopic (exact) mass is 169 g/mol. The number of hydrogen-bond acceptors (Lipinski definition) is 3. The minimum Gasteiger partial charge on any atom is -0.388 e. The summed E-state index contributed by atoms with van der Waals surface area (Å²) >= 11 is 0. The third kappa shape index (κ3) is 1.04. The van der Waals surface area contributed by atoms with Gasteiger partial charge in [-0.1, -0.05) is 6.08 Å². The van der Waals surface area contributed by atoms with Gasteiger partial charge in [0.1, 0.15) is 6.10 Å². The molecule has 12 heavy (non-hydrogen) atoms. The zero-order valence-electron chi connectivity index (χ0n) is 6.62. The molecule has 66 valence electrons. The van der Waals surface area contributed by atoms with Gasteiger partial charge in [-0.3, -0.25) is 4.79 Å². The Hall–Kier alpha value is -0.870. The summed E-state index contributed by atoms with van der Waals surface area (Å²) in [7, 11) is 0. The summed E-state index contributed by atoms with van der Waals surface area (Å²) in [6.45, 7) is 0.881. The third-order valence-electron chi connectivity index (χ3n) is 2.42. The van der Waals surface area contributed by atoms with Gasteiger partial charge in [-0.05, 0) is 0 Å². The molecule has 0 aliphatic carbocycles. The topological polar surface area (TPSA) is 58.6 Å². The Balaban J connectivity index is 2.19. The average Bonchev–Trinajstić information content (AvgIpc) is 2.41. The molecule has 2 aliphatic heterocycles. The lowest BCUT2D eigenvalue weighted by Gasteiger charge is -2.36. The largest absolute Gasteiger partial charge is 0.388 e. The highest BCUT2D eigenvalue weighted by molar-refractivity contribution is 5.91. The van der Waals surface area contributed by atoms with Gasteiger partial charge in [-0.15, -0.1) is 0 Å². The number of aliphatic hydroxyl groups is 1.